The number of nitrogens with zero attached hydrogens (tertiary/aromatic N) is 1. The van der Waals surface area contributed by atoms with Crippen molar-refractivity contribution in [2.45, 2.75) is 13.0 Å². The highest BCUT2D eigenvalue weighted by molar-refractivity contribution is 6.35. The first kappa shape index (κ1) is 15.0. The third-order valence-corrected chi connectivity index (χ3v) is 3.77. The Kier molecular flexibility index (Phi) is 4.79. The van der Waals surface area contributed by atoms with E-state index in [1.54, 1.807) is 12.1 Å². The molecular formula is C16H18Cl2N2. The first-order valence-corrected chi connectivity index (χ1v) is 7.22. The average Bonchev–Trinajstić information content (AvgIpc) is 2.43. The lowest BCUT2D eigenvalue weighted by Gasteiger charge is -2.18. The zero-order valence-electron chi connectivity index (χ0n) is 11.8. The molecule has 2 rings (SSSR count). The second-order valence-electron chi connectivity index (χ2n) is 4.98. The molecule has 0 spiro atoms. The van der Waals surface area contributed by atoms with Crippen molar-refractivity contribution in [3.05, 3.63) is 58.1 Å². The molecule has 0 saturated carbocycles. The van der Waals surface area contributed by atoms with Crippen molar-refractivity contribution >= 4 is 34.6 Å². The van der Waals surface area contributed by atoms with Crippen molar-refractivity contribution in [3.63, 3.8) is 0 Å². The molecule has 0 fully saturated rings. The molecule has 106 valence electrons. The fourth-order valence-corrected chi connectivity index (χ4v) is 2.33. The number of halogens is 2. The monoisotopic (exact) mass is 308 g/mol. The van der Waals surface area contributed by atoms with Crippen LogP contribution in [0.3, 0.4) is 0 Å². The molecule has 0 amide bonds. The van der Waals surface area contributed by atoms with Crippen LogP contribution >= 0.6 is 23.2 Å². The van der Waals surface area contributed by atoms with Crippen LogP contribution in [0.2, 0.25) is 10.0 Å². The Morgan fingerprint density at radius 3 is 2.25 bits per heavy atom. The van der Waals surface area contributed by atoms with E-state index < -0.39 is 0 Å². The summed E-state index contributed by atoms with van der Waals surface area (Å²) in [5, 5.41) is 4.73. The smallest absolute Gasteiger partial charge is 0.0638 e. The molecule has 0 aromatic heterocycles. The standard InChI is InChI=1S/C16H18Cl2N2/c1-11(12-4-7-14(8-5-12)20(2)3)19-16-10-13(17)6-9-15(16)18/h4-11,19H,1-3H3. The van der Waals surface area contributed by atoms with Crippen LogP contribution in [0.15, 0.2) is 42.5 Å². The Balaban J connectivity index is 2.15. The fourth-order valence-electron chi connectivity index (χ4n) is 1.99. The number of hydrogen-bond acceptors (Lipinski definition) is 2. The van der Waals surface area contributed by atoms with E-state index in [4.69, 9.17) is 23.2 Å². The zero-order valence-corrected chi connectivity index (χ0v) is 13.3. The molecule has 0 aliphatic carbocycles. The van der Waals surface area contributed by atoms with Gasteiger partial charge in [0.05, 0.1) is 10.7 Å². The molecule has 0 radical (unpaired) electrons. The normalized spacial score (nSPS) is 12.1. The number of rotatable bonds is 4. The van der Waals surface area contributed by atoms with Gasteiger partial charge in [0, 0.05) is 30.8 Å². The summed E-state index contributed by atoms with van der Waals surface area (Å²) in [5.41, 5.74) is 3.23. The third kappa shape index (κ3) is 3.59. The van der Waals surface area contributed by atoms with E-state index in [1.165, 1.54) is 11.3 Å². The maximum atomic E-state index is 6.17. The van der Waals surface area contributed by atoms with Gasteiger partial charge in [-0.3, -0.25) is 0 Å². The van der Waals surface area contributed by atoms with Crippen molar-refractivity contribution in [1.82, 2.24) is 0 Å². The summed E-state index contributed by atoms with van der Waals surface area (Å²) in [7, 11) is 4.06. The maximum absolute atomic E-state index is 6.17. The summed E-state index contributed by atoms with van der Waals surface area (Å²) in [6.07, 6.45) is 0. The average molecular weight is 309 g/mol. The van der Waals surface area contributed by atoms with E-state index in [1.807, 2.05) is 20.2 Å². The molecule has 0 bridgehead atoms. The molecule has 0 heterocycles. The van der Waals surface area contributed by atoms with Crippen LogP contribution in [0.4, 0.5) is 11.4 Å². The molecule has 4 heteroatoms. The Morgan fingerprint density at radius 2 is 1.65 bits per heavy atom. The van der Waals surface area contributed by atoms with E-state index in [9.17, 15) is 0 Å². The SMILES string of the molecule is CC(Nc1cc(Cl)ccc1Cl)c1ccc(N(C)C)cc1. The minimum absolute atomic E-state index is 0.155. The number of nitrogens with one attached hydrogen (secondary N) is 1. The Morgan fingerprint density at radius 1 is 1.00 bits per heavy atom. The van der Waals surface area contributed by atoms with Gasteiger partial charge in [0.15, 0.2) is 0 Å². The number of hydrogen-bond donors (Lipinski definition) is 1. The van der Waals surface area contributed by atoms with Gasteiger partial charge in [-0.25, -0.2) is 0 Å². The largest absolute Gasteiger partial charge is 0.378 e. The summed E-state index contributed by atoms with van der Waals surface area (Å²) >= 11 is 12.2. The Hall–Kier alpha value is -1.38. The van der Waals surface area contributed by atoms with Crippen molar-refractivity contribution in [2.75, 3.05) is 24.3 Å². The first-order chi connectivity index (χ1) is 9.47. The van der Waals surface area contributed by atoms with Crippen LogP contribution < -0.4 is 10.2 Å². The van der Waals surface area contributed by atoms with E-state index in [2.05, 4.69) is 41.4 Å². The van der Waals surface area contributed by atoms with Gasteiger partial charge in [-0.15, -0.1) is 0 Å². The second kappa shape index (κ2) is 6.38. The highest BCUT2D eigenvalue weighted by Crippen LogP contribution is 2.29. The topological polar surface area (TPSA) is 15.3 Å². The van der Waals surface area contributed by atoms with Crippen molar-refractivity contribution in [2.24, 2.45) is 0 Å². The van der Waals surface area contributed by atoms with Crippen LogP contribution in [0.1, 0.15) is 18.5 Å². The summed E-state index contributed by atoms with van der Waals surface area (Å²) in [6, 6.07) is 14.0. The predicted octanol–water partition coefficient (Wildman–Crippen LogP) is 5.23. The summed E-state index contributed by atoms with van der Waals surface area (Å²) < 4.78 is 0. The second-order valence-corrected chi connectivity index (χ2v) is 5.82. The van der Waals surface area contributed by atoms with Gasteiger partial charge in [0.1, 0.15) is 0 Å². The van der Waals surface area contributed by atoms with Crippen molar-refractivity contribution in [1.29, 1.82) is 0 Å². The number of anilines is 2. The molecule has 2 nitrogen and oxygen atoms in total. The van der Waals surface area contributed by atoms with Crippen LogP contribution in [0.25, 0.3) is 0 Å². The molecule has 0 aliphatic heterocycles. The van der Waals surface area contributed by atoms with Gasteiger partial charge in [-0.1, -0.05) is 35.3 Å². The van der Waals surface area contributed by atoms with E-state index >= 15 is 0 Å². The molecule has 20 heavy (non-hydrogen) atoms. The van der Waals surface area contributed by atoms with Crippen LogP contribution in [-0.2, 0) is 0 Å². The molecule has 2 aromatic rings. The minimum atomic E-state index is 0.155. The Bertz CT molecular complexity index is 580. The highest BCUT2D eigenvalue weighted by Gasteiger charge is 2.08. The molecule has 0 saturated heterocycles. The van der Waals surface area contributed by atoms with E-state index in [-0.39, 0.29) is 6.04 Å². The van der Waals surface area contributed by atoms with Gasteiger partial charge >= 0.3 is 0 Å². The van der Waals surface area contributed by atoms with Gasteiger partial charge < -0.3 is 10.2 Å². The molecule has 1 N–H and O–H groups in total. The lowest BCUT2D eigenvalue weighted by Crippen LogP contribution is -2.10. The summed E-state index contributed by atoms with van der Waals surface area (Å²) in [4.78, 5) is 2.08. The van der Waals surface area contributed by atoms with Crippen molar-refractivity contribution in [3.8, 4) is 0 Å². The van der Waals surface area contributed by atoms with Crippen LogP contribution in [-0.4, -0.2) is 14.1 Å². The minimum Gasteiger partial charge on any atom is -0.378 e. The van der Waals surface area contributed by atoms with Crippen LogP contribution in [0.5, 0.6) is 0 Å². The van der Waals surface area contributed by atoms with Crippen molar-refractivity contribution < 1.29 is 0 Å². The molecular weight excluding hydrogens is 291 g/mol. The molecule has 0 aliphatic rings. The quantitative estimate of drug-likeness (QED) is 0.831. The maximum Gasteiger partial charge on any atom is 0.0638 e. The molecule has 1 unspecified atom stereocenters. The van der Waals surface area contributed by atoms with E-state index in [0.29, 0.717) is 10.0 Å². The van der Waals surface area contributed by atoms with Gasteiger partial charge in [-0.2, -0.15) is 0 Å². The summed E-state index contributed by atoms with van der Waals surface area (Å²) in [6.45, 7) is 2.10. The molecule has 1 atom stereocenters. The first-order valence-electron chi connectivity index (χ1n) is 6.46. The highest BCUT2D eigenvalue weighted by atomic mass is 35.5. The lowest BCUT2D eigenvalue weighted by atomic mass is 10.1. The fraction of sp³-hybridized carbons (Fsp3) is 0.250. The zero-order chi connectivity index (χ0) is 14.7. The summed E-state index contributed by atoms with van der Waals surface area (Å²) in [5.74, 6) is 0. The number of benzene rings is 2. The van der Waals surface area contributed by atoms with Gasteiger partial charge in [0.25, 0.3) is 0 Å². The molecule has 2 aromatic carbocycles. The Labute approximate surface area is 130 Å². The van der Waals surface area contributed by atoms with Gasteiger partial charge in [0.2, 0.25) is 0 Å². The van der Waals surface area contributed by atoms with Gasteiger partial charge in [-0.05, 0) is 42.8 Å². The lowest BCUT2D eigenvalue weighted by molar-refractivity contribution is 0.884. The predicted molar refractivity (Wildman–Crippen MR) is 89.3 cm³/mol. The van der Waals surface area contributed by atoms with Crippen LogP contribution in [0, 0.1) is 0 Å². The van der Waals surface area contributed by atoms with E-state index in [0.717, 1.165) is 5.69 Å². The third-order valence-electron chi connectivity index (χ3n) is 3.21.